The molecule has 0 saturated carbocycles. The molecule has 4 rings (SSSR count). The van der Waals surface area contributed by atoms with Crippen LogP contribution in [0.2, 0.25) is 0 Å². The average Bonchev–Trinajstić information content (AvgIpc) is 3.08. The van der Waals surface area contributed by atoms with Crippen molar-refractivity contribution < 1.29 is 9.59 Å². The van der Waals surface area contributed by atoms with Crippen molar-refractivity contribution in [3.8, 4) is 0 Å². The monoisotopic (exact) mass is 369 g/mol. The van der Waals surface area contributed by atoms with Crippen molar-refractivity contribution in [3.05, 3.63) is 102 Å². The number of benzene rings is 3. The molecule has 0 aliphatic rings. The second-order valence-electron chi connectivity index (χ2n) is 6.54. The van der Waals surface area contributed by atoms with Gasteiger partial charge in [0.15, 0.2) is 0 Å². The zero-order valence-electron chi connectivity index (χ0n) is 15.1. The zero-order chi connectivity index (χ0) is 19.5. The first kappa shape index (κ1) is 17.5. The summed E-state index contributed by atoms with van der Waals surface area (Å²) >= 11 is 0. The van der Waals surface area contributed by atoms with Gasteiger partial charge in [0.2, 0.25) is 0 Å². The number of hydrogen-bond acceptors (Lipinski definition) is 2. The Morgan fingerprint density at radius 2 is 1.50 bits per heavy atom. The fraction of sp³-hybridized carbons (Fsp3) is 0.0435. The molecule has 138 valence electrons. The lowest BCUT2D eigenvalue weighted by Crippen LogP contribution is -2.18. The molecule has 28 heavy (non-hydrogen) atoms. The number of nitrogens with one attached hydrogen (secondary N) is 1. The first-order valence-electron chi connectivity index (χ1n) is 8.95. The summed E-state index contributed by atoms with van der Waals surface area (Å²) in [5.41, 5.74) is 8.77. The summed E-state index contributed by atoms with van der Waals surface area (Å²) in [6.07, 6.45) is 1.85. The van der Waals surface area contributed by atoms with Crippen molar-refractivity contribution in [1.29, 1.82) is 0 Å². The number of nitrogens with two attached hydrogens (primary N) is 1. The minimum atomic E-state index is -0.581. The van der Waals surface area contributed by atoms with Crippen LogP contribution in [0.3, 0.4) is 0 Å². The van der Waals surface area contributed by atoms with Crippen molar-refractivity contribution in [2.24, 2.45) is 5.73 Å². The van der Waals surface area contributed by atoms with Crippen molar-refractivity contribution in [3.63, 3.8) is 0 Å². The number of anilines is 1. The van der Waals surface area contributed by atoms with Crippen LogP contribution >= 0.6 is 0 Å². The number of hydrogen-bond donors (Lipinski definition) is 2. The second kappa shape index (κ2) is 7.40. The highest BCUT2D eigenvalue weighted by Crippen LogP contribution is 2.24. The number of fused-ring (bicyclic) bond motifs is 1. The van der Waals surface area contributed by atoms with E-state index in [1.807, 2.05) is 48.7 Å². The van der Waals surface area contributed by atoms with E-state index in [9.17, 15) is 9.59 Å². The minimum Gasteiger partial charge on any atom is -0.366 e. The number of carbonyl (C=O) groups excluding carboxylic acids is 2. The molecule has 0 spiro atoms. The van der Waals surface area contributed by atoms with Crippen molar-refractivity contribution >= 4 is 28.4 Å². The quantitative estimate of drug-likeness (QED) is 0.557. The molecule has 3 N–H and O–H groups in total. The number of para-hydroxylation sites is 2. The molecule has 1 aromatic heterocycles. The van der Waals surface area contributed by atoms with Gasteiger partial charge >= 0.3 is 0 Å². The zero-order valence-corrected chi connectivity index (χ0v) is 15.1. The van der Waals surface area contributed by atoms with Gasteiger partial charge in [-0.05, 0) is 23.8 Å². The number of rotatable bonds is 5. The van der Waals surface area contributed by atoms with Crippen LogP contribution in [0.4, 0.5) is 5.69 Å². The van der Waals surface area contributed by atoms with Gasteiger partial charge in [0.25, 0.3) is 11.8 Å². The number of carbonyl (C=O) groups is 2. The van der Waals surface area contributed by atoms with E-state index in [1.54, 1.807) is 24.3 Å². The van der Waals surface area contributed by atoms with Gasteiger partial charge < -0.3 is 15.6 Å². The van der Waals surface area contributed by atoms with Crippen molar-refractivity contribution in [2.75, 3.05) is 5.32 Å². The highest BCUT2D eigenvalue weighted by Gasteiger charge is 2.17. The molecular weight excluding hydrogens is 350 g/mol. The largest absolute Gasteiger partial charge is 0.366 e. The molecule has 0 atom stereocenters. The molecule has 0 aliphatic carbocycles. The molecule has 0 unspecified atom stereocenters. The molecule has 3 aromatic carbocycles. The summed E-state index contributed by atoms with van der Waals surface area (Å²) in [5, 5.41) is 3.68. The molecule has 4 aromatic rings. The summed E-state index contributed by atoms with van der Waals surface area (Å²) in [6, 6.07) is 24.6. The molecule has 5 heteroatoms. The Labute approximate surface area is 162 Å². The lowest BCUT2D eigenvalue weighted by atomic mass is 10.1. The molecule has 0 aliphatic heterocycles. The molecule has 0 radical (unpaired) electrons. The van der Waals surface area contributed by atoms with E-state index in [2.05, 4.69) is 22.0 Å². The molecule has 0 saturated heterocycles. The SMILES string of the molecule is NC(=O)c1ccccc1NC(=O)c1cn(Cc2ccccc2)c2ccccc12. The van der Waals surface area contributed by atoms with Crippen molar-refractivity contribution in [2.45, 2.75) is 6.54 Å². The van der Waals surface area contributed by atoms with Gasteiger partial charge in [-0.2, -0.15) is 0 Å². The summed E-state index contributed by atoms with van der Waals surface area (Å²) in [4.78, 5) is 24.6. The third-order valence-corrected chi connectivity index (χ3v) is 4.67. The first-order chi connectivity index (χ1) is 13.6. The van der Waals surface area contributed by atoms with E-state index in [1.165, 1.54) is 0 Å². The average molecular weight is 369 g/mol. The molecular formula is C23H19N3O2. The fourth-order valence-electron chi connectivity index (χ4n) is 3.34. The van der Waals surface area contributed by atoms with Gasteiger partial charge in [-0.25, -0.2) is 0 Å². The maximum Gasteiger partial charge on any atom is 0.257 e. The maximum absolute atomic E-state index is 13.0. The van der Waals surface area contributed by atoms with Crippen LogP contribution in [-0.4, -0.2) is 16.4 Å². The summed E-state index contributed by atoms with van der Waals surface area (Å²) in [6.45, 7) is 0.659. The number of nitrogens with zero attached hydrogens (tertiary/aromatic N) is 1. The summed E-state index contributed by atoms with van der Waals surface area (Å²) < 4.78 is 2.06. The Balaban J connectivity index is 1.71. The maximum atomic E-state index is 13.0. The van der Waals surface area contributed by atoms with E-state index in [4.69, 9.17) is 5.73 Å². The number of aromatic nitrogens is 1. The lowest BCUT2D eigenvalue weighted by Gasteiger charge is -2.08. The van der Waals surface area contributed by atoms with Crippen LogP contribution in [0.1, 0.15) is 26.3 Å². The highest BCUT2D eigenvalue weighted by atomic mass is 16.2. The van der Waals surface area contributed by atoms with Crippen molar-refractivity contribution in [1.82, 2.24) is 4.57 Å². The third kappa shape index (κ3) is 3.38. The Morgan fingerprint density at radius 3 is 2.29 bits per heavy atom. The number of amides is 2. The van der Waals surface area contributed by atoms with E-state index >= 15 is 0 Å². The van der Waals surface area contributed by atoms with Gasteiger partial charge in [0.1, 0.15) is 0 Å². The van der Waals surface area contributed by atoms with E-state index < -0.39 is 5.91 Å². The summed E-state index contributed by atoms with van der Waals surface area (Å²) in [7, 11) is 0. The predicted molar refractivity (Wildman–Crippen MR) is 110 cm³/mol. The van der Waals surface area contributed by atoms with E-state index in [-0.39, 0.29) is 11.5 Å². The van der Waals surface area contributed by atoms with Gasteiger partial charge in [-0.1, -0.05) is 60.7 Å². The van der Waals surface area contributed by atoms with Gasteiger partial charge in [0, 0.05) is 23.6 Å². The second-order valence-corrected chi connectivity index (χ2v) is 6.54. The van der Waals surface area contributed by atoms with Crippen LogP contribution in [0.5, 0.6) is 0 Å². The molecule has 0 bridgehead atoms. The summed E-state index contributed by atoms with van der Waals surface area (Å²) in [5.74, 6) is -0.862. The van der Waals surface area contributed by atoms with Crippen LogP contribution < -0.4 is 11.1 Å². The Hall–Kier alpha value is -3.86. The predicted octanol–water partition coefficient (Wildman–Crippen LogP) is 4.04. The standard InChI is InChI=1S/C23H19N3O2/c24-22(27)18-11-4-6-12-20(18)25-23(28)19-15-26(14-16-8-2-1-3-9-16)21-13-7-5-10-17(19)21/h1-13,15H,14H2,(H2,24,27)(H,25,28). The Kier molecular flexibility index (Phi) is 4.64. The molecule has 5 nitrogen and oxygen atoms in total. The normalized spacial score (nSPS) is 10.7. The highest BCUT2D eigenvalue weighted by molar-refractivity contribution is 6.14. The molecule has 2 amide bonds. The smallest absolute Gasteiger partial charge is 0.257 e. The van der Waals surface area contributed by atoms with E-state index in [0.29, 0.717) is 17.8 Å². The minimum absolute atomic E-state index is 0.281. The van der Waals surface area contributed by atoms with Crippen LogP contribution in [0.15, 0.2) is 85.1 Å². The Bertz CT molecular complexity index is 1160. The lowest BCUT2D eigenvalue weighted by molar-refractivity contribution is 0.100. The Morgan fingerprint density at radius 1 is 0.821 bits per heavy atom. The van der Waals surface area contributed by atoms with E-state index in [0.717, 1.165) is 16.5 Å². The van der Waals surface area contributed by atoms with Gasteiger partial charge in [0.05, 0.1) is 16.8 Å². The van der Waals surface area contributed by atoms with Crippen LogP contribution in [-0.2, 0) is 6.54 Å². The third-order valence-electron chi connectivity index (χ3n) is 4.67. The topological polar surface area (TPSA) is 77.1 Å². The molecule has 0 fully saturated rings. The van der Waals surface area contributed by atoms with Gasteiger partial charge in [-0.3, -0.25) is 9.59 Å². The molecule has 1 heterocycles. The van der Waals surface area contributed by atoms with Gasteiger partial charge in [-0.15, -0.1) is 0 Å². The number of primary amides is 1. The fourth-order valence-corrected chi connectivity index (χ4v) is 3.34. The first-order valence-corrected chi connectivity index (χ1v) is 8.95. The van der Waals surface area contributed by atoms with Crippen LogP contribution in [0, 0.1) is 0 Å². The van der Waals surface area contributed by atoms with Crippen LogP contribution in [0.25, 0.3) is 10.9 Å².